The molecule has 1 fully saturated rings. The molecule has 1 heterocycles. The predicted molar refractivity (Wildman–Crippen MR) is 483 cm³/mol. The highest BCUT2D eigenvalue weighted by atomic mass is 35.7. The molecule has 54 heteroatoms. The van der Waals surface area contributed by atoms with Crippen molar-refractivity contribution in [1.82, 2.24) is 46.1 Å². The maximum Gasteiger partial charge on any atom is 0.408 e. The largest absolute Gasteiger partial charge is 0.444 e. The van der Waals surface area contributed by atoms with Crippen molar-refractivity contribution in [2.24, 2.45) is 21.7 Å². The van der Waals surface area contributed by atoms with Crippen LogP contribution in [0.25, 0.3) is 0 Å². The Labute approximate surface area is 767 Å². The van der Waals surface area contributed by atoms with Gasteiger partial charge in [0.2, 0.25) is 78.2 Å². The highest BCUT2D eigenvalue weighted by molar-refractivity contribution is 8.14. The third kappa shape index (κ3) is 58.9. The Balaban J connectivity index is 0.00000175. The summed E-state index contributed by atoms with van der Waals surface area (Å²) in [5, 5.41) is 16.9. The minimum absolute atomic E-state index is 0. The smallest absolute Gasteiger partial charge is 0.408 e. The van der Waals surface area contributed by atoms with E-state index in [-0.39, 0.29) is 98.8 Å². The van der Waals surface area contributed by atoms with Crippen LogP contribution >= 0.6 is 21.4 Å². The van der Waals surface area contributed by atoms with Crippen LogP contribution in [0.3, 0.4) is 0 Å². The fourth-order valence-corrected chi connectivity index (χ4v) is 17.9. The average molecular weight is 2030 g/mol. The molecule has 0 aromatic heterocycles. The number of benzene rings is 5. The Morgan fingerprint density at radius 2 is 0.569 bits per heavy atom. The topological polar surface area (TPSA) is 739 Å². The lowest BCUT2D eigenvalue weighted by molar-refractivity contribution is -0.198. The van der Waals surface area contributed by atoms with Gasteiger partial charge in [-0.25, -0.2) is 96.8 Å². The lowest BCUT2D eigenvalue weighted by atomic mass is 10.1. The molecule has 0 spiro atoms. The van der Waals surface area contributed by atoms with Crippen LogP contribution in [-0.4, -0.2) is 231 Å². The van der Waals surface area contributed by atoms with E-state index in [1.54, 1.807) is 208 Å². The molecule has 5 atom stereocenters. The summed E-state index contributed by atoms with van der Waals surface area (Å²) in [4.78, 5) is 128. The molecule has 0 bridgehead atoms. The van der Waals surface area contributed by atoms with Gasteiger partial charge in [0.05, 0.1) is 58.1 Å². The number of hydrogen-bond acceptors (Lipinski definition) is 33. The molecule has 0 saturated carbocycles. The first kappa shape index (κ1) is 120. The second-order valence-corrected chi connectivity index (χ2v) is 47.7. The van der Waals surface area contributed by atoms with E-state index in [2.05, 4.69) is 26.2 Å². The lowest BCUT2D eigenvalue weighted by Gasteiger charge is -2.23. The number of primary sulfonamides is 2. The van der Waals surface area contributed by atoms with Crippen molar-refractivity contribution in [3.63, 3.8) is 0 Å². The van der Waals surface area contributed by atoms with Crippen molar-refractivity contribution in [3.05, 3.63) is 179 Å². The number of imide groups is 1. The van der Waals surface area contributed by atoms with E-state index in [4.69, 9.17) is 51.9 Å². The van der Waals surface area contributed by atoms with E-state index >= 15 is 0 Å². The number of hydrogen-bond donors (Lipinski definition) is 12. The number of carbonyl (C=O) groups is 10. The van der Waals surface area contributed by atoms with Gasteiger partial charge in [-0.3, -0.25) is 47.7 Å². The van der Waals surface area contributed by atoms with E-state index in [1.807, 2.05) is 25.0 Å². The molecule has 5 aromatic carbocycles. The highest BCUT2D eigenvalue weighted by Gasteiger charge is 2.37. The van der Waals surface area contributed by atoms with Gasteiger partial charge in [-0.2, -0.15) is 0 Å². The minimum Gasteiger partial charge on any atom is -0.444 e. The summed E-state index contributed by atoms with van der Waals surface area (Å²) in [6.07, 6.45) is -3.32. The first-order chi connectivity index (χ1) is 58.7. The molecule has 9 amide bonds. The molecule has 1 saturated heterocycles. The Kier molecular flexibility index (Phi) is 50.9. The van der Waals surface area contributed by atoms with Gasteiger partial charge in [0.25, 0.3) is 35.4 Å². The van der Waals surface area contributed by atoms with Gasteiger partial charge in [-0.1, -0.05) is 152 Å². The molecule has 44 nitrogen and oxygen atoms in total. The molecule has 0 aliphatic carbocycles. The molecular weight excluding hydrogens is 1920 g/mol. The number of ether oxygens (including phenoxy) is 3. The van der Waals surface area contributed by atoms with Crippen LogP contribution in [0.2, 0.25) is 0 Å². The highest BCUT2D eigenvalue weighted by Crippen LogP contribution is 2.18. The molecule has 0 unspecified atom stereocenters. The molecular formula is C76H115Cl2N13O31S8. The van der Waals surface area contributed by atoms with Crippen molar-refractivity contribution >= 4 is 159 Å². The third-order valence-corrected chi connectivity index (χ3v) is 25.2. The number of carbonyl (C=O) groups excluding carboxylic acids is 10. The second kappa shape index (κ2) is 55.0. The van der Waals surface area contributed by atoms with Gasteiger partial charge in [-0.05, 0) is 129 Å². The van der Waals surface area contributed by atoms with Crippen molar-refractivity contribution in [1.29, 1.82) is 0 Å². The first-order valence-corrected chi connectivity index (χ1v) is 53.5. The van der Waals surface area contributed by atoms with Gasteiger partial charge >= 0.3 is 24.2 Å². The van der Waals surface area contributed by atoms with Gasteiger partial charge in [-0.15, -0.1) is 5.06 Å². The average Bonchev–Trinajstić information content (AvgIpc) is 1.82. The summed E-state index contributed by atoms with van der Waals surface area (Å²) in [6, 6.07) is 37.8. The molecule has 6 rings (SSSR count). The fraction of sp³-hybridized carbons (Fsp3) is 0.474. The normalized spacial score (nSPS) is 13.7. The van der Waals surface area contributed by atoms with Crippen molar-refractivity contribution in [3.8, 4) is 0 Å². The number of halogens is 2. The number of nitrogens with two attached hydrogens (primary N) is 4. The quantitative estimate of drug-likeness (QED) is 0.0151. The summed E-state index contributed by atoms with van der Waals surface area (Å²) in [5.41, 5.74) is 12.6. The summed E-state index contributed by atoms with van der Waals surface area (Å²) in [6.45, 7) is 14.8. The number of sulfonamides is 6. The Morgan fingerprint density at radius 3 is 0.808 bits per heavy atom. The minimum atomic E-state index is -4.37. The summed E-state index contributed by atoms with van der Waals surface area (Å²) in [7, 11) is -21.7. The van der Waals surface area contributed by atoms with Gasteiger partial charge in [0.15, 0.2) is 0 Å². The zero-order valence-corrected chi connectivity index (χ0v) is 80.5. The number of alkyl carbamates (subject to hydrolysis) is 3. The second-order valence-electron chi connectivity index (χ2n) is 31.0. The number of rotatable bonds is 39. The van der Waals surface area contributed by atoms with Crippen molar-refractivity contribution in [2.75, 3.05) is 46.0 Å². The van der Waals surface area contributed by atoms with Crippen LogP contribution in [0.5, 0.6) is 0 Å². The molecule has 1 aliphatic heterocycles. The Morgan fingerprint density at radius 1 is 0.354 bits per heavy atom. The van der Waals surface area contributed by atoms with Gasteiger partial charge < -0.3 is 58.1 Å². The fourth-order valence-electron chi connectivity index (χ4n) is 10.1. The van der Waals surface area contributed by atoms with E-state index in [0.717, 1.165) is 16.7 Å². The van der Waals surface area contributed by atoms with Crippen LogP contribution < -0.4 is 62.7 Å². The molecule has 130 heavy (non-hydrogen) atoms. The van der Waals surface area contributed by atoms with Crippen molar-refractivity contribution in [2.45, 2.75) is 180 Å². The third-order valence-electron chi connectivity index (χ3n) is 15.6. The number of nitrogens with one attached hydrogen (secondary N) is 7. The molecule has 0 radical (unpaired) electrons. The maximum absolute atomic E-state index is 13.0. The summed E-state index contributed by atoms with van der Waals surface area (Å²) in [5.74, 6) is -10.3. The van der Waals surface area contributed by atoms with Gasteiger partial charge in [0.1, 0.15) is 34.9 Å². The number of nitrogens with zero attached hydrogens (tertiary/aromatic N) is 1. The van der Waals surface area contributed by atoms with Crippen LogP contribution in [0.15, 0.2) is 152 Å². The van der Waals surface area contributed by atoms with Crippen molar-refractivity contribution < 1.29 is 140 Å². The standard InChI is InChI=1S/C31H44N4O10S2.C21H28N4O6S2.C18H22N2O6.C3H6Cl2O4S2.C3H10N2O4S2.H3N.H2O/c1-30(2,3)44-28(38)32-24(20-22-14-9-7-10-15-22)26(36)34-46(40,41)18-13-19-47(42,43)35-27(37)25(21-23-16-11-8-12-17-23)33-29(39)45-31(4,5)6;22-18(14-16-8-3-1-4-9-16)20(26)24-32(28,29)12-7-13-33(30,31)25-21(27)19(23)15-17-10-5-2-6-11-17;1-18(2,3)25-17(24)19-13(11-12-7-5-4-6-8-12)16(23)26-20-14(21)9-10-15(20)22;2*4-10(6,7)2-1-3-11(5,8)9;;/h7-12,14-17,24-25H,13,18-21H2,1-6H3,(H,32,38)(H,33,39)(H,34,36)(H,35,37);1-6,8-11,18-19H,7,12-15,22-23H2,(H,24,26)(H,25,27);4-8,13H,9-11H2,1-3H3,(H,19,24);1-3H2;1-3H2,(H2,4,6,7)(H2,5,8,9);1H3;1H2/t24-,25-;18-,19-;13-;;;;/m000..../s1. The van der Waals surface area contributed by atoms with Crippen LogP contribution in [-0.2, 0) is 163 Å². The Bertz CT molecular complexity index is 5150. The monoisotopic (exact) mass is 2030 g/mol. The molecule has 5 aromatic rings. The van der Waals surface area contributed by atoms with E-state index < -0.39 is 214 Å². The zero-order valence-electron chi connectivity index (χ0n) is 72.5. The molecule has 20 N–H and O–H groups in total. The zero-order chi connectivity index (χ0) is 97.5. The van der Waals surface area contributed by atoms with E-state index in [1.165, 1.54) is 0 Å². The summed E-state index contributed by atoms with van der Waals surface area (Å²) < 4.78 is 205. The number of amides is 9. The summed E-state index contributed by atoms with van der Waals surface area (Å²) >= 11 is 0. The molecule has 732 valence electrons. The first-order valence-electron chi connectivity index (χ1n) is 38.5. The maximum atomic E-state index is 13.0. The Hall–Kier alpha value is -9.66. The van der Waals surface area contributed by atoms with E-state index in [0.29, 0.717) is 16.2 Å². The van der Waals surface area contributed by atoms with Crippen LogP contribution in [0, 0.1) is 0 Å². The SMILES string of the molecule is CC(C)(C)OC(=O)N[C@@H](Cc1ccccc1)C(=O)NS(=O)(=O)CCCS(=O)(=O)NC(=O)[C@H](Cc1ccccc1)NC(=O)OC(C)(C)C.CC(C)(C)OC(=O)N[C@@H](Cc1ccccc1)C(=O)ON1C(=O)CCC1=O.N.NS(=O)(=O)CCCS(N)(=O)=O.N[C@@H](Cc1ccccc1)C(=O)NS(=O)(=O)CCCS(=O)(=O)NC(=O)[C@@H](N)Cc1ccccc1.O.O=S(=O)(Cl)CCCS(=O)(=O)Cl. The van der Waals surface area contributed by atoms with Crippen LogP contribution in [0.4, 0.5) is 14.4 Å². The van der Waals surface area contributed by atoms with Gasteiger partial charge in [0, 0.05) is 53.5 Å². The predicted octanol–water partition coefficient (Wildman–Crippen LogP) is 1.48. The van der Waals surface area contributed by atoms with E-state index in [9.17, 15) is 115 Å². The lowest BCUT2D eigenvalue weighted by Crippen LogP contribution is -2.51. The molecule has 1 aliphatic rings. The number of hydroxylamine groups is 2. The van der Waals surface area contributed by atoms with Crippen LogP contribution in [0.1, 0.15) is 129 Å².